The predicted octanol–water partition coefficient (Wildman–Crippen LogP) is 3.19. The van der Waals surface area contributed by atoms with Gasteiger partial charge in [0.2, 0.25) is 17.6 Å². The van der Waals surface area contributed by atoms with Crippen LogP contribution in [0.5, 0.6) is 5.75 Å². The van der Waals surface area contributed by atoms with Gasteiger partial charge in [0.1, 0.15) is 5.75 Å². The number of hydrogen-bond donors (Lipinski definition) is 0. The fraction of sp³-hybridized carbons (Fsp3) is 0.250. The monoisotopic (exact) mass is 349 g/mol. The first kappa shape index (κ1) is 16.3. The third-order valence-electron chi connectivity index (χ3n) is 4.58. The van der Waals surface area contributed by atoms with E-state index in [1.54, 1.807) is 14.0 Å². The average molecular weight is 349 g/mol. The van der Waals surface area contributed by atoms with Gasteiger partial charge in [-0.2, -0.15) is 4.98 Å². The molecule has 4 rings (SSSR count). The number of aromatic nitrogens is 2. The van der Waals surface area contributed by atoms with E-state index < -0.39 is 0 Å². The van der Waals surface area contributed by atoms with Crippen molar-refractivity contribution < 1.29 is 14.1 Å². The van der Waals surface area contributed by atoms with Gasteiger partial charge in [0.15, 0.2) is 0 Å². The summed E-state index contributed by atoms with van der Waals surface area (Å²) in [5.41, 5.74) is 3.98. The number of nitrogens with zero attached hydrogens (tertiary/aromatic N) is 3. The Kier molecular flexibility index (Phi) is 4.16. The van der Waals surface area contributed by atoms with Gasteiger partial charge in [0.05, 0.1) is 13.5 Å². The molecule has 0 atom stereocenters. The molecule has 6 heteroatoms. The number of anilines is 1. The fourth-order valence-corrected chi connectivity index (χ4v) is 3.23. The van der Waals surface area contributed by atoms with Crippen LogP contribution in [0, 0.1) is 6.92 Å². The third kappa shape index (κ3) is 3.06. The van der Waals surface area contributed by atoms with Crippen molar-refractivity contribution in [2.75, 3.05) is 18.6 Å². The summed E-state index contributed by atoms with van der Waals surface area (Å²) in [5.74, 6) is 2.00. The minimum absolute atomic E-state index is 0.0945. The lowest BCUT2D eigenvalue weighted by Crippen LogP contribution is -2.30. The van der Waals surface area contributed by atoms with E-state index in [9.17, 15) is 4.79 Å². The first-order chi connectivity index (χ1) is 12.6. The van der Waals surface area contributed by atoms with Gasteiger partial charge in [-0.1, -0.05) is 17.3 Å². The molecule has 1 aliphatic rings. The van der Waals surface area contributed by atoms with Gasteiger partial charge >= 0.3 is 0 Å². The SMILES string of the molecule is COc1ccc(CC(=O)N2CCc3cc(-c4noc(C)n4)ccc32)cc1. The van der Waals surface area contributed by atoms with Crippen LogP contribution in [0.1, 0.15) is 17.0 Å². The summed E-state index contributed by atoms with van der Waals surface area (Å²) in [5, 5.41) is 3.96. The molecular formula is C20H19N3O3. The van der Waals surface area contributed by atoms with Crippen molar-refractivity contribution in [3.8, 4) is 17.1 Å². The van der Waals surface area contributed by atoms with Crippen LogP contribution < -0.4 is 9.64 Å². The largest absolute Gasteiger partial charge is 0.497 e. The zero-order valence-electron chi connectivity index (χ0n) is 14.7. The molecule has 6 nitrogen and oxygen atoms in total. The Morgan fingerprint density at radius 2 is 2.04 bits per heavy atom. The van der Waals surface area contributed by atoms with Gasteiger partial charge in [-0.25, -0.2) is 0 Å². The van der Waals surface area contributed by atoms with Crippen molar-refractivity contribution in [1.82, 2.24) is 10.1 Å². The Morgan fingerprint density at radius 3 is 2.73 bits per heavy atom. The number of amides is 1. The van der Waals surface area contributed by atoms with Crippen LogP contribution in [-0.4, -0.2) is 29.7 Å². The van der Waals surface area contributed by atoms with E-state index in [2.05, 4.69) is 10.1 Å². The summed E-state index contributed by atoms with van der Waals surface area (Å²) >= 11 is 0. The van der Waals surface area contributed by atoms with Crippen LogP contribution in [0.3, 0.4) is 0 Å². The van der Waals surface area contributed by atoms with Crippen molar-refractivity contribution in [3.63, 3.8) is 0 Å². The number of hydrogen-bond acceptors (Lipinski definition) is 5. The zero-order chi connectivity index (χ0) is 18.1. The van der Waals surface area contributed by atoms with E-state index in [4.69, 9.17) is 9.26 Å². The maximum atomic E-state index is 12.7. The summed E-state index contributed by atoms with van der Waals surface area (Å²) in [4.78, 5) is 18.9. The molecule has 132 valence electrons. The summed E-state index contributed by atoms with van der Waals surface area (Å²) in [7, 11) is 1.63. The number of carbonyl (C=O) groups is 1. The first-order valence-electron chi connectivity index (χ1n) is 8.51. The molecule has 0 aliphatic carbocycles. The fourth-order valence-electron chi connectivity index (χ4n) is 3.23. The molecule has 0 saturated heterocycles. The number of ether oxygens (including phenoxy) is 1. The van der Waals surface area contributed by atoms with E-state index in [0.29, 0.717) is 24.7 Å². The average Bonchev–Trinajstić information content (AvgIpc) is 3.28. The van der Waals surface area contributed by atoms with Gasteiger partial charge in [0, 0.05) is 24.7 Å². The highest BCUT2D eigenvalue weighted by Gasteiger charge is 2.25. The lowest BCUT2D eigenvalue weighted by molar-refractivity contribution is -0.117. The Hall–Kier alpha value is -3.15. The third-order valence-corrected chi connectivity index (χ3v) is 4.58. The van der Waals surface area contributed by atoms with Crippen molar-refractivity contribution in [2.24, 2.45) is 0 Å². The number of fused-ring (bicyclic) bond motifs is 1. The van der Waals surface area contributed by atoms with E-state index in [-0.39, 0.29) is 5.91 Å². The molecule has 1 aromatic heterocycles. The highest BCUT2D eigenvalue weighted by Crippen LogP contribution is 2.32. The molecular weight excluding hydrogens is 330 g/mol. The van der Waals surface area contributed by atoms with E-state index in [0.717, 1.165) is 34.5 Å². The second-order valence-corrected chi connectivity index (χ2v) is 6.30. The Morgan fingerprint density at radius 1 is 1.23 bits per heavy atom. The molecule has 2 heterocycles. The van der Waals surface area contributed by atoms with Crippen LogP contribution >= 0.6 is 0 Å². The number of aryl methyl sites for hydroxylation is 1. The predicted molar refractivity (Wildman–Crippen MR) is 97.2 cm³/mol. The molecule has 0 saturated carbocycles. The van der Waals surface area contributed by atoms with Crippen LogP contribution in [0.25, 0.3) is 11.4 Å². The van der Waals surface area contributed by atoms with Crippen LogP contribution in [0.4, 0.5) is 5.69 Å². The molecule has 0 N–H and O–H groups in total. The molecule has 0 unspecified atom stereocenters. The maximum absolute atomic E-state index is 12.7. The molecule has 3 aromatic rings. The van der Waals surface area contributed by atoms with Crippen LogP contribution in [0.15, 0.2) is 47.0 Å². The lowest BCUT2D eigenvalue weighted by atomic mass is 10.1. The van der Waals surface area contributed by atoms with Gasteiger partial charge < -0.3 is 14.2 Å². The van der Waals surface area contributed by atoms with E-state index in [1.807, 2.05) is 47.4 Å². The zero-order valence-corrected chi connectivity index (χ0v) is 14.7. The highest BCUT2D eigenvalue weighted by atomic mass is 16.5. The molecule has 26 heavy (non-hydrogen) atoms. The van der Waals surface area contributed by atoms with Gasteiger partial charge in [-0.05, 0) is 47.9 Å². The highest BCUT2D eigenvalue weighted by molar-refractivity contribution is 5.97. The minimum atomic E-state index is 0.0945. The molecule has 0 spiro atoms. The topological polar surface area (TPSA) is 68.5 Å². The van der Waals surface area contributed by atoms with Gasteiger partial charge in [0.25, 0.3) is 0 Å². The Labute approximate surface area is 151 Å². The van der Waals surface area contributed by atoms with E-state index >= 15 is 0 Å². The van der Waals surface area contributed by atoms with Crippen LogP contribution in [0.2, 0.25) is 0 Å². The maximum Gasteiger partial charge on any atom is 0.231 e. The molecule has 1 aliphatic heterocycles. The second-order valence-electron chi connectivity index (χ2n) is 6.30. The minimum Gasteiger partial charge on any atom is -0.497 e. The van der Waals surface area contributed by atoms with Crippen molar-refractivity contribution in [2.45, 2.75) is 19.8 Å². The molecule has 2 aromatic carbocycles. The van der Waals surface area contributed by atoms with Crippen molar-refractivity contribution in [1.29, 1.82) is 0 Å². The summed E-state index contributed by atoms with van der Waals surface area (Å²) in [6.45, 7) is 2.46. The molecule has 0 radical (unpaired) electrons. The summed E-state index contributed by atoms with van der Waals surface area (Å²) < 4.78 is 10.2. The normalized spacial score (nSPS) is 12.9. The molecule has 1 amide bonds. The van der Waals surface area contributed by atoms with Crippen LogP contribution in [-0.2, 0) is 17.6 Å². The number of benzene rings is 2. The second kappa shape index (κ2) is 6.63. The number of carbonyl (C=O) groups excluding carboxylic acids is 1. The smallest absolute Gasteiger partial charge is 0.231 e. The van der Waals surface area contributed by atoms with Crippen molar-refractivity contribution >= 4 is 11.6 Å². The van der Waals surface area contributed by atoms with Gasteiger partial charge in [-0.3, -0.25) is 4.79 Å². The molecule has 0 bridgehead atoms. The number of methoxy groups -OCH3 is 1. The molecule has 0 fully saturated rings. The lowest BCUT2D eigenvalue weighted by Gasteiger charge is -2.17. The van der Waals surface area contributed by atoms with E-state index in [1.165, 1.54) is 0 Å². The number of rotatable bonds is 4. The van der Waals surface area contributed by atoms with Crippen molar-refractivity contribution in [3.05, 3.63) is 59.5 Å². The first-order valence-corrected chi connectivity index (χ1v) is 8.51. The summed E-state index contributed by atoms with van der Waals surface area (Å²) in [6.07, 6.45) is 1.20. The van der Waals surface area contributed by atoms with Gasteiger partial charge in [-0.15, -0.1) is 0 Å². The Bertz CT molecular complexity index is 947. The summed E-state index contributed by atoms with van der Waals surface area (Å²) in [6, 6.07) is 13.5. The quantitative estimate of drug-likeness (QED) is 0.723. The standard InChI is InChI=1S/C20H19N3O3/c1-13-21-20(22-26-13)16-5-8-18-15(12-16)9-10-23(18)19(24)11-14-3-6-17(25-2)7-4-14/h3-8,12H,9-11H2,1-2H3. The Balaban J connectivity index is 1.52.